The summed E-state index contributed by atoms with van der Waals surface area (Å²) < 4.78 is 1.16. The zero-order valence-corrected chi connectivity index (χ0v) is 11.2. The number of nitrogens with one attached hydrogen (secondary N) is 1. The molecule has 0 saturated heterocycles. The average molecular weight is 342 g/mol. The number of hydrogen-bond acceptors (Lipinski definition) is 2. The Labute approximate surface area is 109 Å². The summed E-state index contributed by atoms with van der Waals surface area (Å²) in [5.41, 5.74) is 1.03. The molecule has 0 aliphatic carbocycles. The van der Waals surface area contributed by atoms with Gasteiger partial charge in [-0.3, -0.25) is 4.79 Å². The van der Waals surface area contributed by atoms with Crippen molar-refractivity contribution < 1.29 is 9.90 Å². The lowest BCUT2D eigenvalue weighted by Gasteiger charge is -2.10. The maximum Gasteiger partial charge on any atom is 0.321 e. The molecule has 0 radical (unpaired) electrons. The number of carbonyl (C=O) groups is 1. The average Bonchev–Trinajstić information content (AvgIpc) is 2.16. The van der Waals surface area contributed by atoms with Crippen molar-refractivity contribution in [3.05, 3.63) is 33.4 Å². The number of rotatable bonds is 4. The van der Waals surface area contributed by atoms with Crippen LogP contribution in [0, 0.1) is 3.57 Å². The van der Waals surface area contributed by atoms with Gasteiger partial charge in [-0.15, -0.1) is 12.4 Å². The van der Waals surface area contributed by atoms with Gasteiger partial charge in [0, 0.05) is 3.57 Å². The number of aliphatic carboxylic acids is 1. The first-order valence-electron chi connectivity index (χ1n) is 4.28. The largest absolute Gasteiger partial charge is 0.480 e. The maximum atomic E-state index is 10.7. The topological polar surface area (TPSA) is 49.3 Å². The third-order valence-electron chi connectivity index (χ3n) is 2.00. The molecular weight excluding hydrogens is 328 g/mol. The van der Waals surface area contributed by atoms with Crippen molar-refractivity contribution in [1.29, 1.82) is 0 Å². The molecule has 0 saturated carbocycles. The van der Waals surface area contributed by atoms with Crippen LogP contribution in [-0.4, -0.2) is 24.2 Å². The molecule has 0 aromatic heterocycles. The molecule has 0 spiro atoms. The Morgan fingerprint density at radius 1 is 1.47 bits per heavy atom. The Hall–Kier alpha value is -0.330. The Morgan fingerprint density at radius 2 is 2.00 bits per heavy atom. The first-order valence-corrected chi connectivity index (χ1v) is 5.36. The van der Waals surface area contributed by atoms with Crippen LogP contribution in [0.1, 0.15) is 5.56 Å². The third-order valence-corrected chi connectivity index (χ3v) is 2.72. The lowest BCUT2D eigenvalue weighted by atomic mass is 10.1. The van der Waals surface area contributed by atoms with Crippen LogP contribution >= 0.6 is 35.0 Å². The number of carboxylic acid groups (broad SMARTS) is 1. The first kappa shape index (κ1) is 14.7. The number of benzene rings is 1. The zero-order chi connectivity index (χ0) is 10.6. The minimum Gasteiger partial charge on any atom is -0.480 e. The number of hydrogen-bond donors (Lipinski definition) is 2. The Morgan fingerprint density at radius 3 is 2.40 bits per heavy atom. The van der Waals surface area contributed by atoms with Gasteiger partial charge in [-0.25, -0.2) is 0 Å². The molecule has 3 nitrogen and oxygen atoms in total. The van der Waals surface area contributed by atoms with Gasteiger partial charge in [0.2, 0.25) is 0 Å². The van der Waals surface area contributed by atoms with Gasteiger partial charge >= 0.3 is 5.97 Å². The maximum absolute atomic E-state index is 10.7. The summed E-state index contributed by atoms with van der Waals surface area (Å²) in [6, 6.07) is 7.36. The lowest BCUT2D eigenvalue weighted by Crippen LogP contribution is -2.35. The monoisotopic (exact) mass is 341 g/mol. The van der Waals surface area contributed by atoms with Crippen molar-refractivity contribution in [2.75, 3.05) is 7.05 Å². The van der Waals surface area contributed by atoms with Crippen LogP contribution in [-0.2, 0) is 11.2 Å². The van der Waals surface area contributed by atoms with E-state index in [1.165, 1.54) is 0 Å². The fraction of sp³-hybridized carbons (Fsp3) is 0.300. The second kappa shape index (κ2) is 7.03. The van der Waals surface area contributed by atoms with E-state index < -0.39 is 12.0 Å². The zero-order valence-electron chi connectivity index (χ0n) is 8.24. The standard InChI is InChI=1S/C10H12INO2.ClH/c1-12-9(10(13)14)6-7-2-4-8(11)5-3-7;/h2-5,9,12H,6H2,1H3,(H,13,14);1H/t9-;/m0./s1. The highest BCUT2D eigenvalue weighted by molar-refractivity contribution is 14.1. The molecule has 2 N–H and O–H groups in total. The highest BCUT2D eigenvalue weighted by Gasteiger charge is 2.14. The predicted octanol–water partition coefficient (Wildman–Crippen LogP) is 1.93. The van der Waals surface area contributed by atoms with E-state index in [-0.39, 0.29) is 12.4 Å². The summed E-state index contributed by atoms with van der Waals surface area (Å²) in [7, 11) is 1.66. The summed E-state index contributed by atoms with van der Waals surface area (Å²) in [6.45, 7) is 0. The van der Waals surface area contributed by atoms with E-state index in [0.717, 1.165) is 9.13 Å². The molecular formula is C10H13ClINO2. The Kier molecular flexibility index (Phi) is 6.87. The van der Waals surface area contributed by atoms with Crippen molar-refractivity contribution in [3.8, 4) is 0 Å². The summed E-state index contributed by atoms with van der Waals surface area (Å²) in [6.07, 6.45) is 0.517. The van der Waals surface area contributed by atoms with Crippen LogP contribution in [0.3, 0.4) is 0 Å². The van der Waals surface area contributed by atoms with Crippen molar-refractivity contribution in [1.82, 2.24) is 5.32 Å². The van der Waals surface area contributed by atoms with Crippen LogP contribution in [0.25, 0.3) is 0 Å². The van der Waals surface area contributed by atoms with Gasteiger partial charge in [0.25, 0.3) is 0 Å². The molecule has 1 atom stereocenters. The molecule has 0 unspecified atom stereocenters. The summed E-state index contributed by atoms with van der Waals surface area (Å²) in [5, 5.41) is 11.6. The molecule has 15 heavy (non-hydrogen) atoms. The number of carboxylic acids is 1. The van der Waals surface area contributed by atoms with Crippen molar-refractivity contribution in [3.63, 3.8) is 0 Å². The third kappa shape index (κ3) is 4.81. The van der Waals surface area contributed by atoms with E-state index in [0.29, 0.717) is 6.42 Å². The normalized spacial score (nSPS) is 11.6. The predicted molar refractivity (Wildman–Crippen MR) is 70.6 cm³/mol. The molecule has 0 heterocycles. The fourth-order valence-electron chi connectivity index (χ4n) is 1.17. The van der Waals surface area contributed by atoms with Crippen LogP contribution < -0.4 is 5.32 Å². The van der Waals surface area contributed by atoms with Gasteiger partial charge in [-0.1, -0.05) is 12.1 Å². The van der Waals surface area contributed by atoms with Crippen LogP contribution in [0.5, 0.6) is 0 Å². The van der Waals surface area contributed by atoms with Gasteiger partial charge in [0.15, 0.2) is 0 Å². The number of halogens is 2. The second-order valence-electron chi connectivity index (χ2n) is 3.01. The Bertz CT molecular complexity index is 316. The van der Waals surface area contributed by atoms with Crippen LogP contribution in [0.15, 0.2) is 24.3 Å². The Balaban J connectivity index is 0.00000196. The smallest absolute Gasteiger partial charge is 0.321 e. The van der Waals surface area contributed by atoms with Gasteiger partial charge in [0.1, 0.15) is 6.04 Å². The van der Waals surface area contributed by atoms with E-state index in [2.05, 4.69) is 27.9 Å². The van der Waals surface area contributed by atoms with Crippen LogP contribution in [0.4, 0.5) is 0 Å². The molecule has 0 fully saturated rings. The molecule has 1 rings (SSSR count). The fourth-order valence-corrected chi connectivity index (χ4v) is 1.53. The highest BCUT2D eigenvalue weighted by Crippen LogP contribution is 2.08. The van der Waals surface area contributed by atoms with Gasteiger partial charge in [-0.2, -0.15) is 0 Å². The molecule has 0 bridgehead atoms. The SMILES string of the molecule is CN[C@@H](Cc1ccc(I)cc1)C(=O)O.Cl. The van der Waals surface area contributed by atoms with E-state index in [9.17, 15) is 4.79 Å². The molecule has 1 aromatic carbocycles. The molecule has 0 aliphatic rings. The summed E-state index contributed by atoms with van der Waals surface area (Å²) >= 11 is 2.22. The van der Waals surface area contributed by atoms with E-state index in [1.54, 1.807) is 7.05 Å². The molecule has 0 aliphatic heterocycles. The number of likely N-dealkylation sites (N-methyl/N-ethyl adjacent to an activating group) is 1. The summed E-state index contributed by atoms with van der Waals surface area (Å²) in [4.78, 5) is 10.7. The van der Waals surface area contributed by atoms with Gasteiger partial charge < -0.3 is 10.4 Å². The van der Waals surface area contributed by atoms with Crippen LogP contribution in [0.2, 0.25) is 0 Å². The van der Waals surface area contributed by atoms with Crippen molar-refractivity contribution >= 4 is 41.0 Å². The van der Waals surface area contributed by atoms with E-state index in [4.69, 9.17) is 5.11 Å². The molecule has 84 valence electrons. The summed E-state index contributed by atoms with van der Waals surface area (Å²) in [5.74, 6) is -0.814. The quantitative estimate of drug-likeness (QED) is 0.823. The van der Waals surface area contributed by atoms with E-state index in [1.807, 2.05) is 24.3 Å². The minimum absolute atomic E-state index is 0. The van der Waals surface area contributed by atoms with Crippen molar-refractivity contribution in [2.24, 2.45) is 0 Å². The molecule has 5 heteroatoms. The van der Waals surface area contributed by atoms with Gasteiger partial charge in [-0.05, 0) is 53.8 Å². The van der Waals surface area contributed by atoms with Crippen molar-refractivity contribution in [2.45, 2.75) is 12.5 Å². The molecule has 1 aromatic rings. The van der Waals surface area contributed by atoms with E-state index >= 15 is 0 Å². The minimum atomic E-state index is -0.814. The second-order valence-corrected chi connectivity index (χ2v) is 4.26. The molecule has 0 amide bonds. The lowest BCUT2D eigenvalue weighted by molar-refractivity contribution is -0.139. The highest BCUT2D eigenvalue weighted by atomic mass is 127. The van der Waals surface area contributed by atoms with Gasteiger partial charge in [0.05, 0.1) is 0 Å². The first-order chi connectivity index (χ1) is 6.63.